The standard InChI is InChI=1S/C11H15NO2/c1-7-5-10(6-12-9(7)3)8(2)11(13)14-4/h5-6,8H,1-4H3. The first-order chi connectivity index (χ1) is 6.56. The predicted molar refractivity (Wildman–Crippen MR) is 54.1 cm³/mol. The van der Waals surface area contributed by atoms with Gasteiger partial charge in [0.25, 0.3) is 0 Å². The largest absolute Gasteiger partial charge is 0.469 e. The van der Waals surface area contributed by atoms with Crippen LogP contribution in [-0.2, 0) is 9.53 Å². The van der Waals surface area contributed by atoms with Crippen LogP contribution in [0.25, 0.3) is 0 Å². The Bertz CT molecular complexity index is 347. The van der Waals surface area contributed by atoms with E-state index in [0.29, 0.717) is 0 Å². The topological polar surface area (TPSA) is 39.2 Å². The van der Waals surface area contributed by atoms with Crippen LogP contribution >= 0.6 is 0 Å². The van der Waals surface area contributed by atoms with E-state index in [1.807, 2.05) is 26.8 Å². The zero-order chi connectivity index (χ0) is 10.7. The minimum Gasteiger partial charge on any atom is -0.469 e. The molecule has 0 N–H and O–H groups in total. The van der Waals surface area contributed by atoms with Gasteiger partial charge in [-0.05, 0) is 31.9 Å². The molecule has 1 rings (SSSR count). The molecular weight excluding hydrogens is 178 g/mol. The lowest BCUT2D eigenvalue weighted by atomic mass is 10.0. The number of carbonyl (C=O) groups excluding carboxylic acids is 1. The lowest BCUT2D eigenvalue weighted by Crippen LogP contribution is -2.11. The van der Waals surface area contributed by atoms with E-state index in [1.54, 1.807) is 6.20 Å². The van der Waals surface area contributed by atoms with E-state index in [4.69, 9.17) is 0 Å². The van der Waals surface area contributed by atoms with Gasteiger partial charge in [-0.25, -0.2) is 0 Å². The van der Waals surface area contributed by atoms with Crippen molar-refractivity contribution in [2.24, 2.45) is 0 Å². The van der Waals surface area contributed by atoms with Crippen molar-refractivity contribution < 1.29 is 9.53 Å². The van der Waals surface area contributed by atoms with Crippen LogP contribution in [0, 0.1) is 13.8 Å². The van der Waals surface area contributed by atoms with Crippen molar-refractivity contribution in [1.82, 2.24) is 4.98 Å². The van der Waals surface area contributed by atoms with Gasteiger partial charge in [0.2, 0.25) is 0 Å². The first-order valence-corrected chi connectivity index (χ1v) is 4.57. The Hall–Kier alpha value is -1.38. The molecule has 1 aromatic rings. The van der Waals surface area contributed by atoms with Gasteiger partial charge < -0.3 is 4.74 Å². The van der Waals surface area contributed by atoms with Crippen LogP contribution in [0.4, 0.5) is 0 Å². The molecule has 14 heavy (non-hydrogen) atoms. The third kappa shape index (κ3) is 2.10. The van der Waals surface area contributed by atoms with E-state index in [9.17, 15) is 4.79 Å². The predicted octanol–water partition coefficient (Wildman–Crippen LogP) is 1.97. The number of methoxy groups -OCH3 is 1. The van der Waals surface area contributed by atoms with E-state index >= 15 is 0 Å². The monoisotopic (exact) mass is 193 g/mol. The van der Waals surface area contributed by atoms with Gasteiger partial charge in [0, 0.05) is 11.9 Å². The maximum Gasteiger partial charge on any atom is 0.312 e. The quantitative estimate of drug-likeness (QED) is 0.674. The van der Waals surface area contributed by atoms with Crippen molar-refractivity contribution in [3.63, 3.8) is 0 Å². The molecule has 0 saturated heterocycles. The molecule has 0 aliphatic rings. The molecule has 0 saturated carbocycles. The number of hydrogen-bond donors (Lipinski definition) is 0. The normalized spacial score (nSPS) is 12.3. The van der Waals surface area contributed by atoms with E-state index < -0.39 is 0 Å². The second-order valence-electron chi connectivity index (χ2n) is 3.42. The van der Waals surface area contributed by atoms with Crippen molar-refractivity contribution in [2.45, 2.75) is 26.7 Å². The van der Waals surface area contributed by atoms with Crippen molar-refractivity contribution in [3.8, 4) is 0 Å². The first kappa shape index (κ1) is 10.7. The van der Waals surface area contributed by atoms with Gasteiger partial charge in [0.15, 0.2) is 0 Å². The lowest BCUT2D eigenvalue weighted by molar-refractivity contribution is -0.142. The van der Waals surface area contributed by atoms with Crippen LogP contribution in [0.5, 0.6) is 0 Å². The molecule has 0 amide bonds. The van der Waals surface area contributed by atoms with E-state index in [0.717, 1.165) is 16.8 Å². The van der Waals surface area contributed by atoms with Gasteiger partial charge in [-0.1, -0.05) is 6.07 Å². The highest BCUT2D eigenvalue weighted by Crippen LogP contribution is 2.17. The van der Waals surface area contributed by atoms with Crippen LogP contribution in [0.2, 0.25) is 0 Å². The van der Waals surface area contributed by atoms with Gasteiger partial charge in [-0.3, -0.25) is 9.78 Å². The Balaban J connectivity index is 2.96. The van der Waals surface area contributed by atoms with Crippen LogP contribution < -0.4 is 0 Å². The average molecular weight is 193 g/mol. The smallest absolute Gasteiger partial charge is 0.312 e. The maximum absolute atomic E-state index is 11.3. The fourth-order valence-corrected chi connectivity index (χ4v) is 1.21. The molecule has 3 nitrogen and oxygen atoms in total. The number of nitrogens with zero attached hydrogens (tertiary/aromatic N) is 1. The molecule has 76 valence electrons. The number of aryl methyl sites for hydroxylation is 2. The van der Waals surface area contributed by atoms with Crippen molar-refractivity contribution in [2.75, 3.05) is 7.11 Å². The van der Waals surface area contributed by atoms with Gasteiger partial charge in [-0.15, -0.1) is 0 Å². The Kier molecular flexibility index (Phi) is 3.23. The molecule has 1 heterocycles. The summed E-state index contributed by atoms with van der Waals surface area (Å²) in [6.07, 6.45) is 1.73. The highest BCUT2D eigenvalue weighted by molar-refractivity contribution is 5.77. The summed E-state index contributed by atoms with van der Waals surface area (Å²) in [6.45, 7) is 5.75. The molecule has 1 unspecified atom stereocenters. The van der Waals surface area contributed by atoms with E-state index in [1.165, 1.54) is 7.11 Å². The molecule has 0 aliphatic carbocycles. The average Bonchev–Trinajstić information content (AvgIpc) is 2.20. The fraction of sp³-hybridized carbons (Fsp3) is 0.455. The Morgan fingerprint density at radius 3 is 2.64 bits per heavy atom. The van der Waals surface area contributed by atoms with Crippen LogP contribution in [0.1, 0.15) is 29.7 Å². The first-order valence-electron chi connectivity index (χ1n) is 4.57. The molecule has 0 aliphatic heterocycles. The highest BCUT2D eigenvalue weighted by atomic mass is 16.5. The minimum atomic E-state index is -0.244. The van der Waals surface area contributed by atoms with Crippen LogP contribution in [-0.4, -0.2) is 18.1 Å². The number of aromatic nitrogens is 1. The molecule has 0 radical (unpaired) electrons. The van der Waals surface area contributed by atoms with Crippen molar-refractivity contribution in [1.29, 1.82) is 0 Å². The summed E-state index contributed by atoms with van der Waals surface area (Å²) < 4.78 is 4.67. The summed E-state index contributed by atoms with van der Waals surface area (Å²) in [7, 11) is 1.40. The zero-order valence-electron chi connectivity index (χ0n) is 9.00. The third-order valence-electron chi connectivity index (χ3n) is 2.42. The lowest BCUT2D eigenvalue weighted by Gasteiger charge is -2.10. The SMILES string of the molecule is COC(=O)C(C)c1cnc(C)c(C)c1. The second kappa shape index (κ2) is 4.22. The summed E-state index contributed by atoms with van der Waals surface area (Å²) in [6, 6.07) is 1.98. The highest BCUT2D eigenvalue weighted by Gasteiger charge is 2.16. The molecule has 1 aromatic heterocycles. The number of rotatable bonds is 2. The Labute approximate surface area is 84.1 Å². The molecule has 0 bridgehead atoms. The molecule has 1 atom stereocenters. The summed E-state index contributed by atoms with van der Waals surface area (Å²) in [5, 5.41) is 0. The van der Waals surface area contributed by atoms with Gasteiger partial charge in [0.1, 0.15) is 0 Å². The fourth-order valence-electron chi connectivity index (χ4n) is 1.21. The number of pyridine rings is 1. The number of hydrogen-bond acceptors (Lipinski definition) is 3. The Morgan fingerprint density at radius 1 is 1.50 bits per heavy atom. The zero-order valence-corrected chi connectivity index (χ0v) is 9.00. The van der Waals surface area contributed by atoms with Gasteiger partial charge in [-0.2, -0.15) is 0 Å². The number of ether oxygens (including phenoxy) is 1. The second-order valence-corrected chi connectivity index (χ2v) is 3.42. The van der Waals surface area contributed by atoms with Crippen LogP contribution in [0.15, 0.2) is 12.3 Å². The molecule has 0 aromatic carbocycles. The van der Waals surface area contributed by atoms with Crippen molar-refractivity contribution in [3.05, 3.63) is 29.1 Å². The number of carbonyl (C=O) groups is 1. The summed E-state index contributed by atoms with van der Waals surface area (Å²) in [4.78, 5) is 15.5. The molecule has 3 heteroatoms. The maximum atomic E-state index is 11.3. The molecule has 0 spiro atoms. The van der Waals surface area contributed by atoms with Gasteiger partial charge >= 0.3 is 5.97 Å². The molecular formula is C11H15NO2. The summed E-state index contributed by atoms with van der Waals surface area (Å²) in [5.74, 6) is -0.471. The Morgan fingerprint density at radius 2 is 2.14 bits per heavy atom. The van der Waals surface area contributed by atoms with Crippen molar-refractivity contribution >= 4 is 5.97 Å². The van der Waals surface area contributed by atoms with E-state index in [2.05, 4.69) is 9.72 Å². The van der Waals surface area contributed by atoms with E-state index in [-0.39, 0.29) is 11.9 Å². The summed E-state index contributed by atoms with van der Waals surface area (Å²) >= 11 is 0. The third-order valence-corrected chi connectivity index (χ3v) is 2.42. The van der Waals surface area contributed by atoms with Crippen LogP contribution in [0.3, 0.4) is 0 Å². The molecule has 0 fully saturated rings. The number of esters is 1. The summed E-state index contributed by atoms with van der Waals surface area (Å²) in [5.41, 5.74) is 2.99. The van der Waals surface area contributed by atoms with Gasteiger partial charge in [0.05, 0.1) is 13.0 Å². The minimum absolute atomic E-state index is 0.227.